The molecule has 11 rings (SSSR count). The van der Waals surface area contributed by atoms with Crippen LogP contribution in [0.5, 0.6) is 11.5 Å². The van der Waals surface area contributed by atoms with Crippen LogP contribution in [0.15, 0.2) is 158 Å². The molecule has 7 heteroatoms. The minimum Gasteiger partial charge on any atom is -0.509 e. The van der Waals surface area contributed by atoms with Crippen molar-refractivity contribution in [2.24, 2.45) is 0 Å². The second kappa shape index (κ2) is 17.0. The van der Waals surface area contributed by atoms with Crippen molar-refractivity contribution in [1.82, 2.24) is 14.1 Å². The molecule has 0 saturated carbocycles. The van der Waals surface area contributed by atoms with Crippen molar-refractivity contribution in [3.05, 3.63) is 204 Å². The van der Waals surface area contributed by atoms with Crippen LogP contribution < -0.4 is 14.5 Å². The Labute approximate surface area is 414 Å². The molecule has 10 aromatic rings. The summed E-state index contributed by atoms with van der Waals surface area (Å²) in [5.41, 5.74) is 17.7. The second-order valence-corrected chi connectivity index (χ2v) is 20.1. The predicted octanol–water partition coefficient (Wildman–Crippen LogP) is 16.1. The van der Waals surface area contributed by atoms with Gasteiger partial charge in [0.2, 0.25) is 0 Å². The van der Waals surface area contributed by atoms with Gasteiger partial charge in [-0.3, -0.25) is 0 Å². The molecule has 0 fully saturated rings. The number of nitrogens with zero attached hydrogens (tertiary/aromatic N) is 5. The van der Waals surface area contributed by atoms with Gasteiger partial charge in [-0.15, -0.1) is 48.3 Å². The van der Waals surface area contributed by atoms with Gasteiger partial charge < -0.3 is 23.7 Å². The fourth-order valence-corrected chi connectivity index (χ4v) is 10.0. The van der Waals surface area contributed by atoms with Gasteiger partial charge in [0.05, 0.1) is 11.0 Å². The third-order valence-electron chi connectivity index (χ3n) is 13.2. The number of rotatable bonds is 7. The Balaban J connectivity index is 0.00000539. The quantitative estimate of drug-likeness (QED) is 0.118. The molecule has 0 saturated heterocycles. The SMILES string of the molecule is Cc1cc(C)c(-c2cc(Oc3[c-]c4c(cc3)c3c(c5ccccc5n3-c3ccccc3)n4-c3cc(C(C)(C)C)ccn3)[c-]c(N3[CH-]N(c4cccc(C(C)(C)C)c4)c4ccccc43)c2)c(C)c1.[Pd]. The van der Waals surface area contributed by atoms with Crippen molar-refractivity contribution in [1.29, 1.82) is 0 Å². The van der Waals surface area contributed by atoms with E-state index in [4.69, 9.17) is 9.72 Å². The van der Waals surface area contributed by atoms with Crippen LogP contribution in [0.4, 0.5) is 22.7 Å². The number of ether oxygens (including phenoxy) is 1. The van der Waals surface area contributed by atoms with Gasteiger partial charge in [0.1, 0.15) is 5.82 Å². The first-order valence-electron chi connectivity index (χ1n) is 23.2. The Morgan fingerprint density at radius 2 is 1.19 bits per heavy atom. The average Bonchev–Trinajstić information content (AvgIpc) is 3.96. The molecule has 0 radical (unpaired) electrons. The maximum absolute atomic E-state index is 7.04. The van der Waals surface area contributed by atoms with Crippen LogP contribution in [-0.2, 0) is 31.3 Å². The van der Waals surface area contributed by atoms with Gasteiger partial charge >= 0.3 is 0 Å². The molecule has 342 valence electrons. The Bertz CT molecular complexity index is 3530. The van der Waals surface area contributed by atoms with Crippen LogP contribution in [-0.4, -0.2) is 14.1 Å². The summed E-state index contributed by atoms with van der Waals surface area (Å²) in [6, 6.07) is 61.7. The first kappa shape index (κ1) is 44.9. The summed E-state index contributed by atoms with van der Waals surface area (Å²) in [6.45, 7) is 22.2. The third-order valence-corrected chi connectivity index (χ3v) is 13.2. The van der Waals surface area contributed by atoms with Gasteiger partial charge in [-0.2, -0.15) is 6.07 Å². The minimum absolute atomic E-state index is 0. The van der Waals surface area contributed by atoms with E-state index < -0.39 is 0 Å². The fraction of sp³-hybridized carbons (Fsp3) is 0.180. The minimum atomic E-state index is -0.0801. The maximum Gasteiger partial charge on any atom is 0.135 e. The zero-order valence-electron chi connectivity index (χ0n) is 40.0. The van der Waals surface area contributed by atoms with E-state index in [0.717, 1.165) is 72.7 Å². The van der Waals surface area contributed by atoms with Gasteiger partial charge in [-0.25, -0.2) is 4.98 Å². The molecule has 0 spiro atoms. The van der Waals surface area contributed by atoms with Crippen molar-refractivity contribution >= 4 is 55.6 Å². The molecule has 0 aliphatic carbocycles. The van der Waals surface area contributed by atoms with Crippen molar-refractivity contribution in [3.8, 4) is 34.1 Å². The molecule has 4 heterocycles. The van der Waals surface area contributed by atoms with E-state index in [-0.39, 0.29) is 31.3 Å². The van der Waals surface area contributed by atoms with E-state index in [1.165, 1.54) is 33.4 Å². The smallest absolute Gasteiger partial charge is 0.135 e. The van der Waals surface area contributed by atoms with E-state index in [2.05, 4.69) is 246 Å². The van der Waals surface area contributed by atoms with Crippen LogP contribution in [0.1, 0.15) is 69.4 Å². The summed E-state index contributed by atoms with van der Waals surface area (Å²) in [7, 11) is 0. The number of benzene rings is 7. The molecule has 1 aliphatic rings. The van der Waals surface area contributed by atoms with Crippen LogP contribution in [0.2, 0.25) is 0 Å². The van der Waals surface area contributed by atoms with Gasteiger partial charge in [0, 0.05) is 71.8 Å². The molecular formula is C61H54N5OPd-3. The summed E-state index contributed by atoms with van der Waals surface area (Å²) >= 11 is 0. The van der Waals surface area contributed by atoms with Crippen LogP contribution in [0, 0.1) is 39.6 Å². The molecule has 6 nitrogen and oxygen atoms in total. The number of fused-ring (bicyclic) bond motifs is 6. The summed E-state index contributed by atoms with van der Waals surface area (Å²) < 4.78 is 11.7. The first-order valence-corrected chi connectivity index (χ1v) is 23.2. The Hall–Kier alpha value is -6.91. The van der Waals surface area contributed by atoms with Gasteiger partial charge in [0.25, 0.3) is 0 Å². The number of hydrogen-bond donors (Lipinski definition) is 0. The summed E-state index contributed by atoms with van der Waals surface area (Å²) in [5, 5.41) is 2.18. The number of pyridine rings is 1. The van der Waals surface area contributed by atoms with Crippen molar-refractivity contribution in [3.63, 3.8) is 0 Å². The number of aromatic nitrogens is 3. The number of anilines is 4. The predicted molar refractivity (Wildman–Crippen MR) is 278 cm³/mol. The van der Waals surface area contributed by atoms with Crippen molar-refractivity contribution in [2.75, 3.05) is 9.80 Å². The standard InChI is InChI=1S/C61H54N5O.Pd/c1-39-30-40(2)57(41(3)31-39)42-32-47(64-38-63(53-24-15-16-25-54(53)64)46-21-17-18-43(34-46)60(4,5)6)36-49(33-42)67-48-26-27-51-55(37-48)66(56-35-44(28-29-62-56)61(7,8)9)59-50-22-13-14-23-52(50)65(58(51)59)45-19-11-10-12-20-45;/h10-35,38H,1-9H3;/q-3;. The molecule has 0 atom stereocenters. The monoisotopic (exact) mass is 978 g/mol. The summed E-state index contributed by atoms with van der Waals surface area (Å²) in [6.07, 6.45) is 1.93. The fourth-order valence-electron chi connectivity index (χ4n) is 10.0. The maximum atomic E-state index is 7.04. The Morgan fingerprint density at radius 3 is 1.93 bits per heavy atom. The molecule has 0 unspecified atom stereocenters. The molecule has 7 aromatic carbocycles. The molecule has 0 amide bonds. The molecular weight excluding hydrogens is 925 g/mol. The molecule has 0 bridgehead atoms. The topological polar surface area (TPSA) is 38.5 Å². The largest absolute Gasteiger partial charge is 0.509 e. The normalized spacial score (nSPS) is 12.8. The first-order chi connectivity index (χ1) is 32.2. The third kappa shape index (κ3) is 7.78. The number of para-hydroxylation sites is 4. The van der Waals surface area contributed by atoms with Crippen LogP contribution in [0.25, 0.3) is 55.5 Å². The van der Waals surface area contributed by atoms with Gasteiger partial charge in [-0.1, -0.05) is 131 Å². The van der Waals surface area contributed by atoms with Crippen molar-refractivity contribution in [2.45, 2.75) is 73.1 Å². The van der Waals surface area contributed by atoms with E-state index in [0.29, 0.717) is 11.5 Å². The zero-order valence-corrected chi connectivity index (χ0v) is 41.6. The average molecular weight is 980 g/mol. The number of aryl methyl sites for hydroxylation is 3. The van der Waals surface area contributed by atoms with E-state index in [9.17, 15) is 0 Å². The zero-order chi connectivity index (χ0) is 46.4. The van der Waals surface area contributed by atoms with Crippen molar-refractivity contribution < 1.29 is 25.2 Å². The van der Waals surface area contributed by atoms with E-state index >= 15 is 0 Å². The molecule has 0 N–H and O–H groups in total. The Kier molecular flexibility index (Phi) is 11.2. The van der Waals surface area contributed by atoms with E-state index in [1.54, 1.807) is 0 Å². The number of hydrogen-bond acceptors (Lipinski definition) is 4. The van der Waals surface area contributed by atoms with Gasteiger partial charge in [0.15, 0.2) is 0 Å². The van der Waals surface area contributed by atoms with Crippen LogP contribution >= 0.6 is 0 Å². The molecule has 3 aromatic heterocycles. The van der Waals surface area contributed by atoms with E-state index in [1.807, 2.05) is 12.3 Å². The Morgan fingerprint density at radius 1 is 0.544 bits per heavy atom. The molecule has 68 heavy (non-hydrogen) atoms. The van der Waals surface area contributed by atoms with Crippen LogP contribution in [0.3, 0.4) is 0 Å². The second-order valence-electron chi connectivity index (χ2n) is 20.1. The summed E-state index contributed by atoms with van der Waals surface area (Å²) in [5.74, 6) is 2.01. The summed E-state index contributed by atoms with van der Waals surface area (Å²) in [4.78, 5) is 9.58. The van der Waals surface area contributed by atoms with Gasteiger partial charge in [-0.05, 0) is 114 Å². The molecule has 1 aliphatic heterocycles.